The molecule has 0 spiro atoms. The minimum atomic E-state index is -1.47. The van der Waals surface area contributed by atoms with Crippen molar-refractivity contribution < 1.29 is 10.2 Å². The van der Waals surface area contributed by atoms with Crippen LogP contribution in [-0.4, -0.2) is 21.3 Å². The van der Waals surface area contributed by atoms with Crippen LogP contribution in [0.1, 0.15) is 23.9 Å². The van der Waals surface area contributed by atoms with E-state index in [0.717, 1.165) is 10.2 Å². The molecule has 0 unspecified atom stereocenters. The molecule has 0 bridgehead atoms. The number of hydrogen-bond acceptors (Lipinski definition) is 4. The van der Waals surface area contributed by atoms with Gasteiger partial charge >= 0.3 is 0 Å². The molecule has 3 rings (SSSR count). The fraction of sp³-hybridized carbons (Fsp3) is 0.235. The number of hydrogen-bond donors (Lipinski definition) is 2. The van der Waals surface area contributed by atoms with Crippen LogP contribution >= 0.6 is 11.3 Å². The number of aliphatic hydroxyl groups is 2. The predicted octanol–water partition coefficient (Wildman–Crippen LogP) is 3.30. The molecule has 0 amide bonds. The van der Waals surface area contributed by atoms with Gasteiger partial charge in [-0.25, -0.2) is 4.98 Å². The van der Waals surface area contributed by atoms with Gasteiger partial charge in [0.05, 0.1) is 16.3 Å². The van der Waals surface area contributed by atoms with Crippen molar-refractivity contribution in [3.63, 3.8) is 0 Å². The Kier molecular flexibility index (Phi) is 3.76. The third-order valence-corrected chi connectivity index (χ3v) is 4.86. The molecule has 3 aromatic rings. The van der Waals surface area contributed by atoms with Crippen molar-refractivity contribution in [3.05, 3.63) is 65.2 Å². The number of benzene rings is 2. The summed E-state index contributed by atoms with van der Waals surface area (Å²) in [6.45, 7) is 1.85. The summed E-state index contributed by atoms with van der Waals surface area (Å²) in [6, 6.07) is 17.0. The van der Waals surface area contributed by atoms with Gasteiger partial charge < -0.3 is 10.2 Å². The summed E-state index contributed by atoms with van der Waals surface area (Å²) in [5.41, 5.74) is 0.0354. The van der Waals surface area contributed by atoms with Crippen LogP contribution in [0.15, 0.2) is 54.6 Å². The van der Waals surface area contributed by atoms with E-state index in [2.05, 4.69) is 4.98 Å². The van der Waals surface area contributed by atoms with Gasteiger partial charge in [-0.1, -0.05) is 49.4 Å². The molecule has 2 atom stereocenters. The van der Waals surface area contributed by atoms with Gasteiger partial charge in [-0.3, -0.25) is 0 Å². The summed E-state index contributed by atoms with van der Waals surface area (Å²) in [4.78, 5) is 4.54. The lowest BCUT2D eigenvalue weighted by atomic mass is 9.87. The van der Waals surface area contributed by atoms with Crippen LogP contribution in [0.5, 0.6) is 0 Å². The normalized spacial score (nSPS) is 15.8. The van der Waals surface area contributed by atoms with E-state index in [4.69, 9.17) is 0 Å². The summed E-state index contributed by atoms with van der Waals surface area (Å²) in [6.07, 6.45) is -0.457. The van der Waals surface area contributed by atoms with Crippen LogP contribution in [0.4, 0.5) is 0 Å². The van der Waals surface area contributed by atoms with Crippen LogP contribution in [-0.2, 0) is 5.60 Å². The van der Waals surface area contributed by atoms with Crippen LogP contribution in [0, 0.1) is 0 Å². The lowest BCUT2D eigenvalue weighted by Gasteiger charge is -2.31. The molecule has 0 aliphatic heterocycles. The highest BCUT2D eigenvalue weighted by Gasteiger charge is 2.41. The lowest BCUT2D eigenvalue weighted by molar-refractivity contribution is -0.0508. The molecular weight excluding hydrogens is 282 g/mol. The van der Waals surface area contributed by atoms with E-state index >= 15 is 0 Å². The zero-order valence-electron chi connectivity index (χ0n) is 11.7. The Morgan fingerprint density at radius 3 is 2.43 bits per heavy atom. The van der Waals surface area contributed by atoms with Gasteiger partial charge in [0.25, 0.3) is 0 Å². The zero-order valence-corrected chi connectivity index (χ0v) is 12.5. The van der Waals surface area contributed by atoms with Crippen LogP contribution < -0.4 is 0 Å². The molecule has 108 valence electrons. The Balaban J connectivity index is 2.20. The molecule has 21 heavy (non-hydrogen) atoms. The average molecular weight is 299 g/mol. The Labute approximate surface area is 127 Å². The number of thiazole rings is 1. The van der Waals surface area contributed by atoms with E-state index in [1.165, 1.54) is 11.3 Å². The van der Waals surface area contributed by atoms with Crippen molar-refractivity contribution in [3.8, 4) is 0 Å². The topological polar surface area (TPSA) is 53.4 Å². The summed E-state index contributed by atoms with van der Waals surface area (Å²) < 4.78 is 1.00. The van der Waals surface area contributed by atoms with Gasteiger partial charge in [0, 0.05) is 0 Å². The van der Waals surface area contributed by atoms with Gasteiger partial charge in [-0.2, -0.15) is 0 Å². The Morgan fingerprint density at radius 2 is 1.76 bits per heavy atom. The van der Waals surface area contributed by atoms with Crippen molar-refractivity contribution in [2.24, 2.45) is 0 Å². The maximum atomic E-state index is 11.2. The van der Waals surface area contributed by atoms with Crippen LogP contribution in [0.25, 0.3) is 10.2 Å². The van der Waals surface area contributed by atoms with Gasteiger partial charge in [0.15, 0.2) is 5.60 Å². The second kappa shape index (κ2) is 5.56. The Morgan fingerprint density at radius 1 is 1.10 bits per heavy atom. The van der Waals surface area contributed by atoms with Crippen molar-refractivity contribution in [2.45, 2.75) is 25.0 Å². The summed E-state index contributed by atoms with van der Waals surface area (Å²) in [5.74, 6) is 0. The quantitative estimate of drug-likeness (QED) is 0.777. The first-order valence-electron chi connectivity index (χ1n) is 6.98. The molecule has 0 aliphatic carbocycles. The van der Waals surface area contributed by atoms with E-state index in [1.807, 2.05) is 61.5 Å². The number of fused-ring (bicyclic) bond motifs is 1. The highest BCUT2D eigenvalue weighted by atomic mass is 32.1. The van der Waals surface area contributed by atoms with Gasteiger partial charge in [-0.15, -0.1) is 11.3 Å². The third kappa shape index (κ3) is 2.35. The molecule has 0 saturated heterocycles. The molecule has 0 radical (unpaired) electrons. The zero-order chi connectivity index (χ0) is 14.9. The SMILES string of the molecule is CC[C@@H](O)[C@](O)(c1ccccc1)c1nc2ccccc2s1. The largest absolute Gasteiger partial charge is 0.389 e. The highest BCUT2D eigenvalue weighted by molar-refractivity contribution is 7.18. The minimum absolute atomic E-state index is 0.446. The van der Waals surface area contributed by atoms with Crippen molar-refractivity contribution >= 4 is 21.6 Å². The highest BCUT2D eigenvalue weighted by Crippen LogP contribution is 2.38. The smallest absolute Gasteiger partial charge is 0.167 e. The second-order valence-electron chi connectivity index (χ2n) is 5.04. The molecule has 2 aromatic carbocycles. The molecule has 4 heteroatoms. The van der Waals surface area contributed by atoms with E-state index in [9.17, 15) is 10.2 Å². The maximum absolute atomic E-state index is 11.2. The van der Waals surface area contributed by atoms with E-state index in [-0.39, 0.29) is 0 Å². The minimum Gasteiger partial charge on any atom is -0.389 e. The van der Waals surface area contributed by atoms with Gasteiger partial charge in [-0.05, 0) is 24.1 Å². The summed E-state index contributed by atoms with van der Waals surface area (Å²) in [7, 11) is 0. The summed E-state index contributed by atoms with van der Waals surface area (Å²) >= 11 is 1.42. The number of aromatic nitrogens is 1. The molecule has 2 N–H and O–H groups in total. The average Bonchev–Trinajstić information content (AvgIpc) is 2.98. The number of aliphatic hydroxyl groups excluding tert-OH is 1. The monoisotopic (exact) mass is 299 g/mol. The van der Waals surface area contributed by atoms with Gasteiger partial charge in [0.1, 0.15) is 5.01 Å². The Hall–Kier alpha value is -1.75. The number of para-hydroxylation sites is 1. The van der Waals surface area contributed by atoms with E-state index < -0.39 is 11.7 Å². The lowest BCUT2D eigenvalue weighted by Crippen LogP contribution is -2.40. The summed E-state index contributed by atoms with van der Waals surface area (Å²) in [5, 5.41) is 22.2. The second-order valence-corrected chi connectivity index (χ2v) is 6.07. The van der Waals surface area contributed by atoms with Crippen molar-refractivity contribution in [2.75, 3.05) is 0 Å². The molecule has 0 saturated carbocycles. The molecule has 0 aliphatic rings. The standard InChI is InChI=1S/C17H17NO2S/c1-2-15(19)17(20,12-8-4-3-5-9-12)16-18-13-10-6-7-11-14(13)21-16/h3-11,15,19-20H,2H2,1H3/t15-,17-/m1/s1. The molecule has 1 aromatic heterocycles. The van der Waals surface area contributed by atoms with Crippen molar-refractivity contribution in [1.82, 2.24) is 4.98 Å². The molecule has 1 heterocycles. The number of nitrogens with zero attached hydrogens (tertiary/aromatic N) is 1. The molecule has 3 nitrogen and oxygen atoms in total. The van der Waals surface area contributed by atoms with Crippen molar-refractivity contribution in [1.29, 1.82) is 0 Å². The van der Waals surface area contributed by atoms with Crippen LogP contribution in [0.2, 0.25) is 0 Å². The number of rotatable bonds is 4. The molecule has 0 fully saturated rings. The fourth-order valence-electron chi connectivity index (χ4n) is 2.48. The van der Waals surface area contributed by atoms with E-state index in [1.54, 1.807) is 0 Å². The fourth-order valence-corrected chi connectivity index (χ4v) is 3.61. The first kappa shape index (κ1) is 14.2. The predicted molar refractivity (Wildman–Crippen MR) is 85.4 cm³/mol. The maximum Gasteiger partial charge on any atom is 0.167 e. The molecular formula is C17H17NO2S. The van der Waals surface area contributed by atoms with Crippen LogP contribution in [0.3, 0.4) is 0 Å². The first-order chi connectivity index (χ1) is 10.2. The van der Waals surface area contributed by atoms with E-state index in [0.29, 0.717) is 17.0 Å². The first-order valence-corrected chi connectivity index (χ1v) is 7.80. The third-order valence-electron chi connectivity index (χ3n) is 3.70. The Bertz CT molecular complexity index is 708. The van der Waals surface area contributed by atoms with Gasteiger partial charge in [0.2, 0.25) is 0 Å².